The van der Waals surface area contributed by atoms with E-state index in [0.29, 0.717) is 22.6 Å². The van der Waals surface area contributed by atoms with Gasteiger partial charge in [0.2, 0.25) is 5.91 Å². The summed E-state index contributed by atoms with van der Waals surface area (Å²) in [4.78, 5) is 24.6. The molecule has 0 saturated carbocycles. The van der Waals surface area contributed by atoms with Crippen LogP contribution in [0.5, 0.6) is 11.5 Å². The van der Waals surface area contributed by atoms with Gasteiger partial charge in [0, 0.05) is 22.6 Å². The van der Waals surface area contributed by atoms with Crippen LogP contribution in [0.1, 0.15) is 16.7 Å². The van der Waals surface area contributed by atoms with Gasteiger partial charge in [0.05, 0.1) is 36.2 Å². The smallest absolute Gasteiger partial charge is 0.416 e. The van der Waals surface area contributed by atoms with Gasteiger partial charge in [-0.05, 0) is 53.6 Å². The Bertz CT molecular complexity index is 1920. The van der Waals surface area contributed by atoms with Crippen molar-refractivity contribution in [3.05, 3.63) is 107 Å². The van der Waals surface area contributed by atoms with E-state index in [1.807, 2.05) is 0 Å². The standard InChI is InChI=1S/C33H28ClF3N2O7S/c1-45-29-8-4-6-22(18-30(40)41)31(29)46-16-15-38-32(42)28-17-21-5-2-3-7-27(21)39(28)47(43,44)24-12-9-20(10-13-24)25-19-23(33(35,36)37)11-14-26(25)34/h2-14,19,28H,15-18H2,1H3,(H,38,42)(H,40,41)/t28-/m0/s1. The fourth-order valence-corrected chi connectivity index (χ4v) is 7.21. The van der Waals surface area contributed by atoms with E-state index in [1.165, 1.54) is 31.4 Å². The Morgan fingerprint density at radius 1 is 1.02 bits per heavy atom. The molecule has 0 radical (unpaired) electrons. The van der Waals surface area contributed by atoms with Crippen molar-refractivity contribution in [2.24, 2.45) is 0 Å². The van der Waals surface area contributed by atoms with Crippen LogP contribution in [0.15, 0.2) is 89.8 Å². The van der Waals surface area contributed by atoms with Crippen molar-refractivity contribution in [1.29, 1.82) is 0 Å². The van der Waals surface area contributed by atoms with Gasteiger partial charge in [0.15, 0.2) is 11.5 Å². The predicted molar refractivity (Wildman–Crippen MR) is 168 cm³/mol. The summed E-state index contributed by atoms with van der Waals surface area (Å²) < 4.78 is 80.0. The number of para-hydroxylation sites is 2. The number of hydrogen-bond acceptors (Lipinski definition) is 6. The number of methoxy groups -OCH3 is 1. The second-order valence-electron chi connectivity index (χ2n) is 10.5. The highest BCUT2D eigenvalue weighted by atomic mass is 35.5. The van der Waals surface area contributed by atoms with Crippen LogP contribution in [0, 0.1) is 0 Å². The molecule has 0 fully saturated rings. The Hall–Kier alpha value is -4.75. The number of sulfonamides is 1. The van der Waals surface area contributed by atoms with Crippen molar-refractivity contribution in [2.45, 2.75) is 30.0 Å². The van der Waals surface area contributed by atoms with Crippen LogP contribution in [-0.2, 0) is 38.6 Å². The third-order valence-electron chi connectivity index (χ3n) is 7.51. The van der Waals surface area contributed by atoms with Crippen LogP contribution >= 0.6 is 11.6 Å². The van der Waals surface area contributed by atoms with E-state index in [1.54, 1.807) is 42.5 Å². The number of halogens is 4. The van der Waals surface area contributed by atoms with Gasteiger partial charge in [-0.1, -0.05) is 54.1 Å². The average Bonchev–Trinajstić information content (AvgIpc) is 3.44. The fourth-order valence-electron chi connectivity index (χ4n) is 5.33. The highest BCUT2D eigenvalue weighted by molar-refractivity contribution is 7.93. The lowest BCUT2D eigenvalue weighted by Crippen LogP contribution is -2.48. The van der Waals surface area contributed by atoms with E-state index in [4.69, 9.17) is 21.1 Å². The van der Waals surface area contributed by atoms with Crippen molar-refractivity contribution in [1.82, 2.24) is 5.32 Å². The van der Waals surface area contributed by atoms with E-state index in [9.17, 15) is 36.3 Å². The number of benzene rings is 4. The number of ether oxygens (including phenoxy) is 2. The van der Waals surface area contributed by atoms with Crippen LogP contribution in [0.2, 0.25) is 5.02 Å². The number of carboxylic acids is 1. The summed E-state index contributed by atoms with van der Waals surface area (Å²) in [5.41, 5.74) is 0.795. The number of anilines is 1. The van der Waals surface area contributed by atoms with Gasteiger partial charge in [-0.15, -0.1) is 0 Å². The lowest BCUT2D eigenvalue weighted by Gasteiger charge is -2.26. The second-order valence-corrected chi connectivity index (χ2v) is 12.7. The number of alkyl halides is 3. The normalized spacial score (nSPS) is 14.4. The van der Waals surface area contributed by atoms with E-state index >= 15 is 0 Å². The largest absolute Gasteiger partial charge is 0.493 e. The molecule has 0 aliphatic carbocycles. The number of carbonyl (C=O) groups excluding carboxylic acids is 1. The van der Waals surface area contributed by atoms with Crippen LogP contribution < -0.4 is 19.1 Å². The highest BCUT2D eigenvalue weighted by Crippen LogP contribution is 2.39. The van der Waals surface area contributed by atoms with Crippen molar-refractivity contribution in [3.63, 3.8) is 0 Å². The topological polar surface area (TPSA) is 122 Å². The number of nitrogens with zero attached hydrogens (tertiary/aromatic N) is 1. The molecule has 0 unspecified atom stereocenters. The molecule has 246 valence electrons. The number of rotatable bonds is 11. The third kappa shape index (κ3) is 7.15. The predicted octanol–water partition coefficient (Wildman–Crippen LogP) is 5.98. The zero-order valence-corrected chi connectivity index (χ0v) is 26.3. The molecular formula is C33H28ClF3N2O7S. The first-order chi connectivity index (χ1) is 22.3. The number of hydrogen-bond donors (Lipinski definition) is 2. The molecule has 0 spiro atoms. The molecule has 0 aromatic heterocycles. The van der Waals surface area contributed by atoms with E-state index in [0.717, 1.165) is 22.5 Å². The molecule has 1 heterocycles. The number of carboxylic acid groups (broad SMARTS) is 1. The van der Waals surface area contributed by atoms with Gasteiger partial charge in [-0.2, -0.15) is 13.2 Å². The van der Waals surface area contributed by atoms with Gasteiger partial charge in [0.25, 0.3) is 10.0 Å². The molecule has 2 N–H and O–H groups in total. The number of carbonyl (C=O) groups is 2. The molecule has 0 saturated heterocycles. The Labute approximate surface area is 273 Å². The average molecular weight is 689 g/mol. The van der Waals surface area contributed by atoms with Gasteiger partial charge in [0.1, 0.15) is 12.6 Å². The van der Waals surface area contributed by atoms with Gasteiger partial charge in [-0.25, -0.2) is 8.42 Å². The SMILES string of the molecule is COc1cccc(CC(=O)O)c1OCCNC(=O)[C@@H]1Cc2ccccc2N1S(=O)(=O)c1ccc(-c2cc(C(F)(F)F)ccc2Cl)cc1. The van der Waals surface area contributed by atoms with Crippen molar-refractivity contribution in [2.75, 3.05) is 24.6 Å². The summed E-state index contributed by atoms with van der Waals surface area (Å²) >= 11 is 6.18. The molecule has 14 heteroatoms. The maximum Gasteiger partial charge on any atom is 0.416 e. The number of amides is 1. The van der Waals surface area contributed by atoms with Crippen molar-refractivity contribution < 1.29 is 45.8 Å². The minimum atomic E-state index is -4.59. The third-order valence-corrected chi connectivity index (χ3v) is 9.68. The zero-order chi connectivity index (χ0) is 33.9. The summed E-state index contributed by atoms with van der Waals surface area (Å²) in [5, 5.41) is 12.0. The Morgan fingerprint density at radius 2 is 1.74 bits per heavy atom. The Balaban J connectivity index is 1.35. The maximum absolute atomic E-state index is 14.0. The lowest BCUT2D eigenvalue weighted by molar-refractivity contribution is -0.138. The van der Waals surface area contributed by atoms with Gasteiger partial charge >= 0.3 is 12.1 Å². The molecule has 1 aliphatic rings. The molecule has 47 heavy (non-hydrogen) atoms. The maximum atomic E-state index is 14.0. The Kier molecular flexibility index (Phi) is 9.68. The summed E-state index contributed by atoms with van der Waals surface area (Å²) in [6.45, 7) is -0.0959. The first-order valence-corrected chi connectivity index (χ1v) is 16.0. The molecular weight excluding hydrogens is 661 g/mol. The molecule has 4 aromatic rings. The van der Waals surface area contributed by atoms with Crippen molar-refractivity contribution in [3.8, 4) is 22.6 Å². The molecule has 1 atom stereocenters. The van der Waals surface area contributed by atoms with Gasteiger partial charge < -0.3 is 19.9 Å². The van der Waals surface area contributed by atoms with E-state index in [-0.39, 0.29) is 52.8 Å². The molecule has 0 bridgehead atoms. The number of aliphatic carboxylic acids is 1. The zero-order valence-electron chi connectivity index (χ0n) is 24.8. The summed E-state index contributed by atoms with van der Waals surface area (Å²) in [6.07, 6.45) is -4.81. The summed E-state index contributed by atoms with van der Waals surface area (Å²) in [6, 6.07) is 18.5. The minimum absolute atomic E-state index is 0.0312. The van der Waals surface area contributed by atoms with E-state index in [2.05, 4.69) is 5.32 Å². The monoisotopic (exact) mass is 688 g/mol. The van der Waals surface area contributed by atoms with Crippen molar-refractivity contribution >= 4 is 39.2 Å². The van der Waals surface area contributed by atoms with E-state index < -0.39 is 39.7 Å². The van der Waals surface area contributed by atoms with Crippen LogP contribution in [0.3, 0.4) is 0 Å². The molecule has 1 aliphatic heterocycles. The molecule has 9 nitrogen and oxygen atoms in total. The Morgan fingerprint density at radius 3 is 2.43 bits per heavy atom. The minimum Gasteiger partial charge on any atom is -0.493 e. The van der Waals surface area contributed by atoms with Crippen LogP contribution in [0.25, 0.3) is 11.1 Å². The number of fused-ring (bicyclic) bond motifs is 1. The molecule has 1 amide bonds. The van der Waals surface area contributed by atoms with Crippen LogP contribution in [0.4, 0.5) is 18.9 Å². The molecule has 5 rings (SSSR count). The highest BCUT2D eigenvalue weighted by Gasteiger charge is 2.42. The molecule has 4 aromatic carbocycles. The number of nitrogens with one attached hydrogen (secondary N) is 1. The fraction of sp³-hybridized carbons (Fsp3) is 0.212. The van der Waals surface area contributed by atoms with Gasteiger partial charge in [-0.3, -0.25) is 13.9 Å². The first kappa shape index (κ1) is 33.6. The summed E-state index contributed by atoms with van der Waals surface area (Å²) in [5.74, 6) is -1.11. The quantitative estimate of drug-likeness (QED) is 0.186. The summed E-state index contributed by atoms with van der Waals surface area (Å²) in [7, 11) is -2.92. The van der Waals surface area contributed by atoms with Crippen LogP contribution in [-0.4, -0.2) is 51.7 Å². The first-order valence-electron chi connectivity index (χ1n) is 14.2. The lowest BCUT2D eigenvalue weighted by atomic mass is 10.0. The second kappa shape index (κ2) is 13.5.